The van der Waals surface area contributed by atoms with Crippen LogP contribution in [-0.4, -0.2) is 20.4 Å². The van der Waals surface area contributed by atoms with Gasteiger partial charge in [0.25, 0.3) is 0 Å². The first-order valence-electron chi connectivity index (χ1n) is 7.21. The molecule has 1 aromatic rings. The van der Waals surface area contributed by atoms with Gasteiger partial charge in [-0.1, -0.05) is 24.3 Å². The first-order chi connectivity index (χ1) is 9.85. The molecule has 0 aliphatic heterocycles. The molecular weight excluding hydrogens is 288 g/mol. The van der Waals surface area contributed by atoms with Gasteiger partial charge in [-0.15, -0.1) is 0 Å². The Balaban J connectivity index is 1.87. The van der Waals surface area contributed by atoms with Crippen LogP contribution in [0.25, 0.3) is 0 Å². The Kier molecular flexibility index (Phi) is 5.00. The lowest BCUT2D eigenvalue weighted by Crippen LogP contribution is -2.31. The average Bonchev–Trinajstić information content (AvgIpc) is 3.19. The Morgan fingerprint density at radius 1 is 1.19 bits per heavy atom. The van der Waals surface area contributed by atoms with Crippen molar-refractivity contribution in [1.29, 1.82) is 0 Å². The lowest BCUT2D eigenvalue weighted by atomic mass is 10.1. The van der Waals surface area contributed by atoms with Crippen molar-refractivity contribution in [2.24, 2.45) is 5.92 Å². The van der Waals surface area contributed by atoms with Crippen molar-refractivity contribution in [3.63, 3.8) is 0 Å². The maximum atomic E-state index is 11.8. The summed E-state index contributed by atoms with van der Waals surface area (Å²) in [7, 11) is -3.30. The Morgan fingerprint density at radius 2 is 1.76 bits per heavy atom. The Hall–Kier alpha value is -1.40. The number of sulfonamides is 1. The van der Waals surface area contributed by atoms with Crippen LogP contribution in [0.4, 0.5) is 0 Å². The van der Waals surface area contributed by atoms with Crippen molar-refractivity contribution in [3.8, 4) is 0 Å². The minimum atomic E-state index is -3.30. The molecule has 1 aliphatic carbocycles. The second kappa shape index (κ2) is 6.58. The van der Waals surface area contributed by atoms with E-state index in [4.69, 9.17) is 0 Å². The Morgan fingerprint density at radius 3 is 2.29 bits per heavy atom. The zero-order valence-corrected chi connectivity index (χ0v) is 13.2. The van der Waals surface area contributed by atoms with E-state index >= 15 is 0 Å². The van der Waals surface area contributed by atoms with Gasteiger partial charge < -0.3 is 5.32 Å². The van der Waals surface area contributed by atoms with Crippen molar-refractivity contribution in [3.05, 3.63) is 35.4 Å². The highest BCUT2D eigenvalue weighted by molar-refractivity contribution is 7.88. The molecule has 5 nitrogen and oxygen atoms in total. The van der Waals surface area contributed by atoms with Gasteiger partial charge in [-0.3, -0.25) is 4.79 Å². The third kappa shape index (κ3) is 5.47. The summed E-state index contributed by atoms with van der Waals surface area (Å²) in [5, 5.41) is 2.89. The molecule has 21 heavy (non-hydrogen) atoms. The quantitative estimate of drug-likeness (QED) is 0.802. The summed E-state index contributed by atoms with van der Waals surface area (Å²) in [6.45, 7) is 4.08. The molecule has 0 atom stereocenters. The predicted molar refractivity (Wildman–Crippen MR) is 81.9 cm³/mol. The number of hydrogen-bond acceptors (Lipinski definition) is 3. The maximum Gasteiger partial charge on any atom is 0.223 e. The number of hydrogen-bond donors (Lipinski definition) is 2. The summed E-state index contributed by atoms with van der Waals surface area (Å²) in [5.41, 5.74) is 1.71. The zero-order valence-electron chi connectivity index (χ0n) is 12.4. The summed E-state index contributed by atoms with van der Waals surface area (Å²) in [6, 6.07) is 7.18. The van der Waals surface area contributed by atoms with Gasteiger partial charge in [0.15, 0.2) is 0 Å². The van der Waals surface area contributed by atoms with Crippen LogP contribution >= 0.6 is 0 Å². The summed E-state index contributed by atoms with van der Waals surface area (Å²) in [4.78, 5) is 11.5. The van der Waals surface area contributed by atoms with Crippen molar-refractivity contribution < 1.29 is 13.2 Å². The molecule has 116 valence electrons. The summed E-state index contributed by atoms with van der Waals surface area (Å²) in [6.07, 6.45) is 1.98. The Labute approximate surface area is 126 Å². The molecule has 0 unspecified atom stereocenters. The van der Waals surface area contributed by atoms with Gasteiger partial charge in [-0.25, -0.2) is 13.1 Å². The van der Waals surface area contributed by atoms with E-state index in [2.05, 4.69) is 10.0 Å². The highest BCUT2D eigenvalue weighted by Crippen LogP contribution is 2.28. The normalized spacial score (nSPS) is 15.2. The summed E-state index contributed by atoms with van der Waals surface area (Å²) in [5.74, 6) is 0.291. The standard InChI is InChI=1S/C15H22N2O3S/c1-11(2)17-21(19,20)10-13-5-3-12(4-6-13)9-16-15(18)14-7-8-14/h3-6,11,14,17H,7-10H2,1-2H3,(H,16,18). The third-order valence-corrected chi connectivity index (χ3v) is 4.75. The van der Waals surface area contributed by atoms with Crippen LogP contribution in [0.2, 0.25) is 0 Å². The largest absolute Gasteiger partial charge is 0.352 e. The molecule has 1 aliphatic rings. The highest BCUT2D eigenvalue weighted by atomic mass is 32.2. The van der Waals surface area contributed by atoms with Gasteiger partial charge in [0.05, 0.1) is 5.75 Å². The van der Waals surface area contributed by atoms with Crippen LogP contribution in [0, 0.1) is 5.92 Å². The molecule has 0 heterocycles. The summed E-state index contributed by atoms with van der Waals surface area (Å²) < 4.78 is 26.2. The average molecular weight is 310 g/mol. The molecule has 2 rings (SSSR count). The topological polar surface area (TPSA) is 75.3 Å². The fraction of sp³-hybridized carbons (Fsp3) is 0.533. The van der Waals surface area contributed by atoms with E-state index in [0.717, 1.165) is 24.0 Å². The van der Waals surface area contributed by atoms with E-state index in [1.54, 1.807) is 26.0 Å². The Bertz CT molecular complexity index is 590. The minimum absolute atomic E-state index is 0.0279. The van der Waals surface area contributed by atoms with E-state index in [9.17, 15) is 13.2 Å². The molecular formula is C15H22N2O3S. The molecule has 1 amide bonds. The highest BCUT2D eigenvalue weighted by Gasteiger charge is 2.29. The minimum Gasteiger partial charge on any atom is -0.352 e. The molecule has 0 aromatic heterocycles. The van der Waals surface area contributed by atoms with E-state index in [-0.39, 0.29) is 23.6 Å². The van der Waals surface area contributed by atoms with E-state index in [1.807, 2.05) is 12.1 Å². The first-order valence-corrected chi connectivity index (χ1v) is 8.86. The van der Waals surface area contributed by atoms with Crippen molar-refractivity contribution >= 4 is 15.9 Å². The van der Waals surface area contributed by atoms with Crippen LogP contribution in [0.3, 0.4) is 0 Å². The zero-order chi connectivity index (χ0) is 15.5. The molecule has 0 saturated heterocycles. The lowest BCUT2D eigenvalue weighted by molar-refractivity contribution is -0.122. The maximum absolute atomic E-state index is 11.8. The fourth-order valence-electron chi connectivity index (χ4n) is 2.05. The summed E-state index contributed by atoms with van der Waals surface area (Å²) >= 11 is 0. The molecule has 1 fully saturated rings. The van der Waals surface area contributed by atoms with Crippen LogP contribution in [0.15, 0.2) is 24.3 Å². The monoisotopic (exact) mass is 310 g/mol. The number of nitrogens with one attached hydrogen (secondary N) is 2. The molecule has 0 radical (unpaired) electrons. The van der Waals surface area contributed by atoms with Crippen LogP contribution in [-0.2, 0) is 27.1 Å². The third-order valence-electron chi connectivity index (χ3n) is 3.21. The van der Waals surface area contributed by atoms with Crippen molar-refractivity contribution in [1.82, 2.24) is 10.0 Å². The van der Waals surface area contributed by atoms with Gasteiger partial charge in [-0.05, 0) is 37.8 Å². The smallest absolute Gasteiger partial charge is 0.223 e. The van der Waals surface area contributed by atoms with E-state index in [0.29, 0.717) is 6.54 Å². The van der Waals surface area contributed by atoms with Crippen molar-refractivity contribution in [2.75, 3.05) is 0 Å². The van der Waals surface area contributed by atoms with Gasteiger partial charge in [-0.2, -0.15) is 0 Å². The van der Waals surface area contributed by atoms with Gasteiger partial charge >= 0.3 is 0 Å². The van der Waals surface area contributed by atoms with Crippen LogP contribution in [0.5, 0.6) is 0 Å². The number of carbonyl (C=O) groups is 1. The van der Waals surface area contributed by atoms with Crippen LogP contribution in [0.1, 0.15) is 37.8 Å². The number of rotatable bonds is 7. The lowest BCUT2D eigenvalue weighted by Gasteiger charge is -2.10. The second-order valence-corrected chi connectivity index (χ2v) is 7.59. The predicted octanol–water partition coefficient (Wildman–Crippen LogP) is 1.54. The molecule has 6 heteroatoms. The second-order valence-electron chi connectivity index (χ2n) is 5.84. The molecule has 0 spiro atoms. The van der Waals surface area contributed by atoms with Crippen LogP contribution < -0.4 is 10.0 Å². The number of amides is 1. The molecule has 2 N–H and O–H groups in total. The SMILES string of the molecule is CC(C)NS(=O)(=O)Cc1ccc(CNC(=O)C2CC2)cc1. The van der Waals surface area contributed by atoms with Gasteiger partial charge in [0.1, 0.15) is 0 Å². The van der Waals surface area contributed by atoms with E-state index < -0.39 is 10.0 Å². The molecule has 1 saturated carbocycles. The van der Waals surface area contributed by atoms with E-state index in [1.165, 1.54) is 0 Å². The number of benzene rings is 1. The number of carbonyl (C=O) groups excluding carboxylic acids is 1. The molecule has 0 bridgehead atoms. The molecule has 1 aromatic carbocycles. The van der Waals surface area contributed by atoms with Crippen molar-refractivity contribution in [2.45, 2.75) is 45.0 Å². The van der Waals surface area contributed by atoms with Gasteiger partial charge in [0.2, 0.25) is 15.9 Å². The first kappa shape index (κ1) is 16.0. The van der Waals surface area contributed by atoms with Gasteiger partial charge in [0, 0.05) is 18.5 Å². The fourth-order valence-corrected chi connectivity index (χ4v) is 3.49.